The Hall–Kier alpha value is -1.66. The molecule has 0 aromatic heterocycles. The molecule has 1 fully saturated rings. The number of likely N-dealkylation sites (N-methyl/N-ethyl adjacent to an activating group) is 1. The summed E-state index contributed by atoms with van der Waals surface area (Å²) in [6.07, 6.45) is 2.41. The smallest absolute Gasteiger partial charge is 0.288 e. The van der Waals surface area contributed by atoms with Crippen LogP contribution in [0.4, 0.5) is 5.69 Å². The summed E-state index contributed by atoms with van der Waals surface area (Å²) < 4.78 is 0. The van der Waals surface area contributed by atoms with Crippen molar-refractivity contribution in [1.82, 2.24) is 9.80 Å². The molecule has 0 radical (unpaired) electrons. The normalized spacial score (nSPS) is 15.1. The SMILES string of the molecule is CN(CCN1CCCC1)C(=O)c1cccc([N+](=O)[O-])c1Cl. The van der Waals surface area contributed by atoms with Gasteiger partial charge in [0.1, 0.15) is 5.02 Å². The van der Waals surface area contributed by atoms with Gasteiger partial charge in [-0.3, -0.25) is 14.9 Å². The molecule has 1 aliphatic rings. The second-order valence-corrected chi connectivity index (χ2v) is 5.55. The van der Waals surface area contributed by atoms with Crippen molar-refractivity contribution >= 4 is 23.2 Å². The van der Waals surface area contributed by atoms with Crippen molar-refractivity contribution in [3.63, 3.8) is 0 Å². The number of hydrogen-bond acceptors (Lipinski definition) is 4. The molecule has 114 valence electrons. The minimum absolute atomic E-state index is 0.0967. The van der Waals surface area contributed by atoms with Crippen LogP contribution in [-0.4, -0.2) is 53.9 Å². The van der Waals surface area contributed by atoms with Crippen LogP contribution in [0.25, 0.3) is 0 Å². The summed E-state index contributed by atoms with van der Waals surface area (Å²) in [4.78, 5) is 26.5. The minimum atomic E-state index is -0.580. The summed E-state index contributed by atoms with van der Waals surface area (Å²) in [5.74, 6) is -0.289. The summed E-state index contributed by atoms with van der Waals surface area (Å²) in [7, 11) is 1.69. The van der Waals surface area contributed by atoms with Gasteiger partial charge in [0.15, 0.2) is 0 Å². The molecule has 0 unspecified atom stereocenters. The summed E-state index contributed by atoms with van der Waals surface area (Å²) >= 11 is 5.97. The van der Waals surface area contributed by atoms with E-state index in [0.29, 0.717) is 6.54 Å². The highest BCUT2D eigenvalue weighted by atomic mass is 35.5. The molecule has 1 heterocycles. The molecule has 1 amide bonds. The first-order valence-electron chi connectivity index (χ1n) is 6.91. The van der Waals surface area contributed by atoms with Crippen molar-refractivity contribution in [1.29, 1.82) is 0 Å². The molecule has 1 aromatic carbocycles. The molecule has 0 atom stereocenters. The van der Waals surface area contributed by atoms with Crippen LogP contribution in [0.15, 0.2) is 18.2 Å². The molecule has 6 nitrogen and oxygen atoms in total. The van der Waals surface area contributed by atoms with Gasteiger partial charge in [0.25, 0.3) is 11.6 Å². The number of rotatable bonds is 5. The van der Waals surface area contributed by atoms with E-state index in [4.69, 9.17) is 11.6 Å². The first kappa shape index (κ1) is 15.7. The fourth-order valence-corrected chi connectivity index (χ4v) is 2.71. The Balaban J connectivity index is 2.04. The number of hydrogen-bond donors (Lipinski definition) is 0. The Bertz CT molecular complexity index is 544. The summed E-state index contributed by atoms with van der Waals surface area (Å²) in [5.41, 5.74) is -0.0646. The van der Waals surface area contributed by atoms with E-state index in [-0.39, 0.29) is 22.2 Å². The summed E-state index contributed by atoms with van der Waals surface area (Å²) in [6, 6.07) is 4.29. The molecule has 0 bridgehead atoms. The van der Waals surface area contributed by atoms with Gasteiger partial charge < -0.3 is 9.80 Å². The summed E-state index contributed by atoms with van der Waals surface area (Å²) in [6.45, 7) is 3.53. The third-order valence-corrected chi connectivity index (χ3v) is 4.10. The quantitative estimate of drug-likeness (QED) is 0.618. The number of carbonyl (C=O) groups is 1. The molecule has 0 spiro atoms. The molecule has 1 aliphatic heterocycles. The van der Waals surface area contributed by atoms with Crippen molar-refractivity contribution in [3.05, 3.63) is 38.9 Å². The second kappa shape index (κ2) is 6.87. The second-order valence-electron chi connectivity index (χ2n) is 5.17. The van der Waals surface area contributed by atoms with Crippen LogP contribution in [0, 0.1) is 10.1 Å². The highest BCUT2D eigenvalue weighted by Crippen LogP contribution is 2.28. The lowest BCUT2D eigenvalue weighted by molar-refractivity contribution is -0.384. The maximum Gasteiger partial charge on any atom is 0.288 e. The van der Waals surface area contributed by atoms with E-state index in [1.807, 2.05) is 0 Å². The highest BCUT2D eigenvalue weighted by Gasteiger charge is 2.22. The van der Waals surface area contributed by atoms with Gasteiger partial charge in [0.2, 0.25) is 0 Å². The standard InChI is InChI=1S/C14H18ClN3O3/c1-16(9-10-17-7-2-3-8-17)14(19)11-5-4-6-12(13(11)15)18(20)21/h4-6H,2-3,7-10H2,1H3. The average Bonchev–Trinajstić information content (AvgIpc) is 2.97. The predicted molar refractivity (Wildman–Crippen MR) is 80.7 cm³/mol. The van der Waals surface area contributed by atoms with Crippen LogP contribution >= 0.6 is 11.6 Å². The number of nitro benzene ring substituents is 1. The molecule has 0 aliphatic carbocycles. The van der Waals surface area contributed by atoms with Crippen LogP contribution < -0.4 is 0 Å². The number of nitro groups is 1. The number of likely N-dealkylation sites (tertiary alicyclic amines) is 1. The van der Waals surface area contributed by atoms with Crippen molar-refractivity contribution in [2.75, 3.05) is 33.2 Å². The van der Waals surface area contributed by atoms with Gasteiger partial charge in [0, 0.05) is 26.2 Å². The molecular weight excluding hydrogens is 294 g/mol. The molecule has 1 saturated heterocycles. The Morgan fingerprint density at radius 2 is 2.10 bits per heavy atom. The monoisotopic (exact) mass is 311 g/mol. The first-order valence-corrected chi connectivity index (χ1v) is 7.29. The van der Waals surface area contributed by atoms with E-state index >= 15 is 0 Å². The number of halogens is 1. The van der Waals surface area contributed by atoms with E-state index in [9.17, 15) is 14.9 Å². The van der Waals surface area contributed by atoms with Gasteiger partial charge in [-0.2, -0.15) is 0 Å². The number of carbonyl (C=O) groups excluding carboxylic acids is 1. The van der Waals surface area contributed by atoms with Gasteiger partial charge in [-0.05, 0) is 32.0 Å². The van der Waals surface area contributed by atoms with Gasteiger partial charge in [-0.1, -0.05) is 17.7 Å². The van der Waals surface area contributed by atoms with Gasteiger partial charge >= 0.3 is 0 Å². The van der Waals surface area contributed by atoms with Gasteiger partial charge in [-0.25, -0.2) is 0 Å². The highest BCUT2D eigenvalue weighted by molar-refractivity contribution is 6.35. The molecular formula is C14H18ClN3O3. The Morgan fingerprint density at radius 3 is 2.71 bits per heavy atom. The topological polar surface area (TPSA) is 66.7 Å². The van der Waals surface area contributed by atoms with Crippen molar-refractivity contribution in [3.8, 4) is 0 Å². The Morgan fingerprint density at radius 1 is 1.43 bits per heavy atom. The lowest BCUT2D eigenvalue weighted by Crippen LogP contribution is -2.35. The van der Waals surface area contributed by atoms with E-state index in [1.165, 1.54) is 31.0 Å². The molecule has 0 saturated carbocycles. The van der Waals surface area contributed by atoms with E-state index in [0.717, 1.165) is 19.6 Å². The lowest BCUT2D eigenvalue weighted by Gasteiger charge is -2.21. The zero-order chi connectivity index (χ0) is 15.4. The summed E-state index contributed by atoms with van der Waals surface area (Å²) in [5, 5.41) is 10.8. The van der Waals surface area contributed by atoms with Gasteiger partial charge in [-0.15, -0.1) is 0 Å². The third-order valence-electron chi connectivity index (χ3n) is 3.70. The fourth-order valence-electron chi connectivity index (χ4n) is 2.43. The van der Waals surface area contributed by atoms with Gasteiger partial charge in [0.05, 0.1) is 10.5 Å². The zero-order valence-electron chi connectivity index (χ0n) is 11.9. The molecule has 21 heavy (non-hydrogen) atoms. The van der Waals surface area contributed by atoms with Crippen molar-refractivity contribution < 1.29 is 9.72 Å². The zero-order valence-corrected chi connectivity index (χ0v) is 12.7. The Kier molecular flexibility index (Phi) is 5.14. The predicted octanol–water partition coefficient (Wildman–Crippen LogP) is 2.42. The van der Waals surface area contributed by atoms with Crippen LogP contribution in [0.3, 0.4) is 0 Å². The third kappa shape index (κ3) is 3.71. The van der Waals surface area contributed by atoms with Crippen LogP contribution in [0.5, 0.6) is 0 Å². The molecule has 0 N–H and O–H groups in total. The van der Waals surface area contributed by atoms with Crippen LogP contribution in [0.2, 0.25) is 5.02 Å². The molecule has 7 heteroatoms. The van der Waals surface area contributed by atoms with E-state index in [2.05, 4.69) is 4.90 Å². The van der Waals surface area contributed by atoms with E-state index in [1.54, 1.807) is 11.9 Å². The number of amides is 1. The first-order chi connectivity index (χ1) is 10.0. The van der Waals surface area contributed by atoms with Crippen LogP contribution in [-0.2, 0) is 0 Å². The molecule has 1 aromatic rings. The number of nitrogens with zero attached hydrogens (tertiary/aromatic N) is 3. The number of benzene rings is 1. The fraction of sp³-hybridized carbons (Fsp3) is 0.500. The van der Waals surface area contributed by atoms with Crippen molar-refractivity contribution in [2.24, 2.45) is 0 Å². The van der Waals surface area contributed by atoms with Crippen LogP contribution in [0.1, 0.15) is 23.2 Å². The average molecular weight is 312 g/mol. The Labute approximate surface area is 128 Å². The maximum absolute atomic E-state index is 12.3. The largest absolute Gasteiger partial charge is 0.340 e. The maximum atomic E-state index is 12.3. The van der Waals surface area contributed by atoms with E-state index < -0.39 is 4.92 Å². The molecule has 2 rings (SSSR count). The minimum Gasteiger partial charge on any atom is -0.340 e. The van der Waals surface area contributed by atoms with Crippen molar-refractivity contribution in [2.45, 2.75) is 12.8 Å². The lowest BCUT2D eigenvalue weighted by atomic mass is 10.1.